The number of aromatic nitrogens is 4. The van der Waals surface area contributed by atoms with E-state index < -0.39 is 35.4 Å². The summed E-state index contributed by atoms with van der Waals surface area (Å²) in [6.07, 6.45) is -8.82. The molecule has 1 amide bonds. The summed E-state index contributed by atoms with van der Waals surface area (Å²) in [5, 5.41) is 11.4. The zero-order valence-electron chi connectivity index (χ0n) is 19.1. The Kier molecular flexibility index (Phi) is 9.63. The molecule has 0 aliphatic carbocycles. The first-order valence-electron chi connectivity index (χ1n) is 10.5. The van der Waals surface area contributed by atoms with E-state index >= 15 is 0 Å². The van der Waals surface area contributed by atoms with E-state index in [9.17, 15) is 31.1 Å². The normalized spacial score (nSPS) is 16.0. The average molecular weight is 529 g/mol. The molecule has 2 aromatic rings. The summed E-state index contributed by atoms with van der Waals surface area (Å²) in [6.45, 7) is 6.60. The molecule has 4 heterocycles. The molecule has 2 aliphatic rings. The largest absolute Gasteiger partial charge is 0.444 e. The number of hydrogen-bond acceptors (Lipinski definition) is 5. The van der Waals surface area contributed by atoms with Gasteiger partial charge in [-0.2, -0.15) is 36.5 Å². The molecule has 4 rings (SSSR count). The van der Waals surface area contributed by atoms with E-state index in [1.807, 2.05) is 11.9 Å². The zero-order valence-corrected chi connectivity index (χ0v) is 19.1. The Morgan fingerprint density at radius 3 is 1.72 bits per heavy atom. The second-order valence-corrected chi connectivity index (χ2v) is 9.19. The van der Waals surface area contributed by atoms with Crippen molar-refractivity contribution in [3.8, 4) is 0 Å². The molecule has 0 aromatic carbocycles. The van der Waals surface area contributed by atoms with Crippen molar-refractivity contribution >= 4 is 6.09 Å². The Morgan fingerprint density at radius 1 is 0.833 bits per heavy atom. The second kappa shape index (κ2) is 11.1. The van der Waals surface area contributed by atoms with Crippen molar-refractivity contribution < 1.29 is 35.9 Å². The van der Waals surface area contributed by atoms with Crippen LogP contribution in [0.5, 0.6) is 0 Å². The summed E-state index contributed by atoms with van der Waals surface area (Å²) >= 11 is 0. The number of fused-ring (bicyclic) bond motifs is 2. The van der Waals surface area contributed by atoms with Gasteiger partial charge in [-0.1, -0.05) is 14.9 Å². The SMILES string of the molecule is C.C.CC(C)(C)OC(=O)N1CCc2c(C(F)(F)F)n[nH]c2C1.CN1CCc2c(C(F)(F)F)n[nH]c2C1. The lowest BCUT2D eigenvalue weighted by Gasteiger charge is -2.29. The Balaban J connectivity index is 0.000000359. The molecule has 206 valence electrons. The summed E-state index contributed by atoms with van der Waals surface area (Å²) in [5.74, 6) is 0. The molecule has 8 nitrogen and oxygen atoms in total. The minimum atomic E-state index is -4.47. The van der Waals surface area contributed by atoms with E-state index in [0.717, 1.165) is 0 Å². The van der Waals surface area contributed by atoms with Crippen molar-refractivity contribution in [3.05, 3.63) is 33.9 Å². The average Bonchev–Trinajstić information content (AvgIpc) is 3.29. The number of halogens is 6. The Hall–Kier alpha value is -2.77. The molecule has 0 saturated heterocycles. The fourth-order valence-electron chi connectivity index (χ4n) is 3.72. The van der Waals surface area contributed by atoms with Crippen LogP contribution in [-0.4, -0.2) is 62.0 Å². The first-order chi connectivity index (χ1) is 15.6. The lowest BCUT2D eigenvalue weighted by molar-refractivity contribution is -0.142. The summed E-state index contributed by atoms with van der Waals surface area (Å²) in [4.78, 5) is 15.2. The Morgan fingerprint density at radius 2 is 1.28 bits per heavy atom. The van der Waals surface area contributed by atoms with E-state index in [1.54, 1.807) is 20.8 Å². The maximum Gasteiger partial charge on any atom is 0.435 e. The molecule has 0 unspecified atom stereocenters. The summed E-state index contributed by atoms with van der Waals surface area (Å²) in [5.41, 5.74) is -0.909. The van der Waals surface area contributed by atoms with Gasteiger partial charge in [-0.05, 0) is 40.7 Å². The van der Waals surface area contributed by atoms with Gasteiger partial charge in [0, 0.05) is 30.8 Å². The van der Waals surface area contributed by atoms with E-state index in [-0.39, 0.29) is 39.9 Å². The van der Waals surface area contributed by atoms with Crippen LogP contribution in [0.15, 0.2) is 0 Å². The molecular weight excluding hydrogens is 494 g/mol. The summed E-state index contributed by atoms with van der Waals surface area (Å²) in [7, 11) is 1.87. The van der Waals surface area contributed by atoms with Gasteiger partial charge >= 0.3 is 18.4 Å². The van der Waals surface area contributed by atoms with Crippen LogP contribution in [-0.2, 0) is 43.0 Å². The third kappa shape index (κ3) is 7.37. The second-order valence-electron chi connectivity index (χ2n) is 9.19. The Bertz CT molecular complexity index is 1020. The van der Waals surface area contributed by atoms with Crippen LogP contribution in [0, 0.1) is 0 Å². The first kappa shape index (κ1) is 31.3. The van der Waals surface area contributed by atoms with Gasteiger partial charge in [0.05, 0.1) is 17.9 Å². The summed E-state index contributed by atoms with van der Waals surface area (Å²) < 4.78 is 80.5. The highest BCUT2D eigenvalue weighted by Gasteiger charge is 2.40. The van der Waals surface area contributed by atoms with Gasteiger partial charge in [0.1, 0.15) is 5.60 Å². The molecule has 0 spiro atoms. The van der Waals surface area contributed by atoms with Gasteiger partial charge < -0.3 is 14.5 Å². The Labute approximate surface area is 206 Å². The highest BCUT2D eigenvalue weighted by atomic mass is 19.4. The highest BCUT2D eigenvalue weighted by molar-refractivity contribution is 5.68. The van der Waals surface area contributed by atoms with Gasteiger partial charge in [0.15, 0.2) is 11.4 Å². The lowest BCUT2D eigenvalue weighted by Crippen LogP contribution is -2.40. The minimum Gasteiger partial charge on any atom is -0.444 e. The number of amides is 1. The van der Waals surface area contributed by atoms with Crippen molar-refractivity contribution in [2.45, 2.75) is 79.5 Å². The quantitative estimate of drug-likeness (QED) is 0.447. The molecule has 2 aliphatic heterocycles. The number of likely N-dealkylation sites (N-methyl/N-ethyl adjacent to an activating group) is 1. The molecule has 0 saturated carbocycles. The highest BCUT2D eigenvalue weighted by Crippen LogP contribution is 2.34. The van der Waals surface area contributed by atoms with Gasteiger partial charge in [-0.25, -0.2) is 4.79 Å². The molecule has 36 heavy (non-hydrogen) atoms. The number of aromatic amines is 2. The van der Waals surface area contributed by atoms with Crippen molar-refractivity contribution in [3.63, 3.8) is 0 Å². The van der Waals surface area contributed by atoms with Gasteiger partial charge in [-0.3, -0.25) is 10.2 Å². The topological polar surface area (TPSA) is 90.1 Å². The maximum absolute atomic E-state index is 12.7. The molecule has 0 radical (unpaired) electrons. The van der Waals surface area contributed by atoms with Crippen LogP contribution in [0.1, 0.15) is 69.5 Å². The van der Waals surface area contributed by atoms with Crippen LogP contribution in [0.3, 0.4) is 0 Å². The number of alkyl halides is 6. The van der Waals surface area contributed by atoms with E-state index in [1.165, 1.54) is 4.90 Å². The van der Waals surface area contributed by atoms with Gasteiger partial charge in [0.2, 0.25) is 0 Å². The molecule has 0 fully saturated rings. The number of ether oxygens (including phenoxy) is 1. The van der Waals surface area contributed by atoms with Crippen LogP contribution < -0.4 is 0 Å². The fourth-order valence-corrected chi connectivity index (χ4v) is 3.72. The van der Waals surface area contributed by atoms with E-state index in [4.69, 9.17) is 4.74 Å². The van der Waals surface area contributed by atoms with Crippen molar-refractivity contribution in [1.29, 1.82) is 0 Å². The zero-order chi connectivity index (χ0) is 25.5. The van der Waals surface area contributed by atoms with Crippen molar-refractivity contribution in [1.82, 2.24) is 30.2 Å². The monoisotopic (exact) mass is 528 g/mol. The standard InChI is InChI=1S/C12H16F3N3O2.C8H10F3N3.2CH4/c1-11(2,3)20-10(19)18-5-4-7-8(6-18)16-17-9(7)12(13,14)15;1-14-3-2-5-6(4-14)12-13-7(5)8(9,10)11;;/h4-6H2,1-3H3,(H,16,17);2-4H2,1H3,(H,12,13);2*1H4. The molecule has 2 N–H and O–H groups in total. The van der Waals surface area contributed by atoms with Gasteiger partial charge in [0.25, 0.3) is 0 Å². The molecule has 0 bridgehead atoms. The molecule has 2 aromatic heterocycles. The first-order valence-corrected chi connectivity index (χ1v) is 10.5. The molecule has 14 heteroatoms. The van der Waals surface area contributed by atoms with Crippen LogP contribution >= 0.6 is 0 Å². The molecule has 0 atom stereocenters. The third-order valence-corrected chi connectivity index (χ3v) is 5.25. The third-order valence-electron chi connectivity index (χ3n) is 5.25. The van der Waals surface area contributed by atoms with Crippen molar-refractivity contribution in [2.24, 2.45) is 0 Å². The van der Waals surface area contributed by atoms with Crippen LogP contribution in [0.2, 0.25) is 0 Å². The van der Waals surface area contributed by atoms with Crippen LogP contribution in [0.4, 0.5) is 31.1 Å². The number of carbonyl (C=O) groups is 1. The number of nitrogens with zero attached hydrogens (tertiary/aromatic N) is 4. The maximum atomic E-state index is 12.7. The smallest absolute Gasteiger partial charge is 0.435 e. The number of nitrogens with one attached hydrogen (secondary N) is 2. The van der Waals surface area contributed by atoms with E-state index in [0.29, 0.717) is 36.5 Å². The molecular formula is C22H34F6N6O2. The van der Waals surface area contributed by atoms with E-state index in [2.05, 4.69) is 20.4 Å². The van der Waals surface area contributed by atoms with Gasteiger partial charge in [-0.15, -0.1) is 0 Å². The number of H-pyrrole nitrogens is 2. The van der Waals surface area contributed by atoms with Crippen molar-refractivity contribution in [2.75, 3.05) is 20.1 Å². The number of carbonyl (C=O) groups excluding carboxylic acids is 1. The fraction of sp³-hybridized carbons (Fsp3) is 0.682. The summed E-state index contributed by atoms with van der Waals surface area (Å²) in [6, 6.07) is 0. The minimum absolute atomic E-state index is 0. The lowest BCUT2D eigenvalue weighted by atomic mass is 10.0. The predicted octanol–water partition coefficient (Wildman–Crippen LogP) is 5.41. The van der Waals surface area contributed by atoms with Crippen LogP contribution in [0.25, 0.3) is 0 Å². The number of rotatable bonds is 0. The predicted molar refractivity (Wildman–Crippen MR) is 121 cm³/mol. The number of hydrogen-bond donors (Lipinski definition) is 2.